The fourth-order valence-electron chi connectivity index (χ4n) is 3.01. The Labute approximate surface area is 187 Å². The van der Waals surface area contributed by atoms with Gasteiger partial charge in [0.1, 0.15) is 0 Å². The number of thioether (sulfide) groups is 1. The van der Waals surface area contributed by atoms with Crippen LogP contribution in [0.3, 0.4) is 0 Å². The lowest BCUT2D eigenvalue weighted by molar-refractivity contribution is -0.113. The molecule has 0 fully saturated rings. The molecular formula is C22H18ClN5O2S. The van der Waals surface area contributed by atoms with Crippen LogP contribution in [0.25, 0.3) is 11.2 Å². The van der Waals surface area contributed by atoms with Crippen molar-refractivity contribution in [1.29, 1.82) is 0 Å². The van der Waals surface area contributed by atoms with E-state index in [-0.39, 0.29) is 34.9 Å². The third-order valence-corrected chi connectivity index (χ3v) is 5.94. The van der Waals surface area contributed by atoms with Crippen LogP contribution in [0, 0.1) is 6.92 Å². The van der Waals surface area contributed by atoms with Crippen LogP contribution in [0.2, 0.25) is 5.02 Å². The van der Waals surface area contributed by atoms with Crippen molar-refractivity contribution in [2.75, 3.05) is 11.1 Å². The van der Waals surface area contributed by atoms with E-state index in [9.17, 15) is 9.59 Å². The maximum Gasteiger partial charge on any atom is 0.282 e. The second-order valence-corrected chi connectivity index (χ2v) is 8.11. The number of para-hydroxylation sites is 1. The normalized spacial score (nSPS) is 10.9. The zero-order valence-electron chi connectivity index (χ0n) is 16.6. The minimum atomic E-state index is -0.333. The molecule has 0 bridgehead atoms. The molecule has 0 saturated carbocycles. The Hall–Kier alpha value is -3.23. The molecule has 4 rings (SSSR count). The SMILES string of the molecule is Cc1ccccc1NC(=O)CSc1nc2nccnc2c(=O)n1Cc1ccccc1Cl. The lowest BCUT2D eigenvalue weighted by Crippen LogP contribution is -2.26. The van der Waals surface area contributed by atoms with Crippen LogP contribution in [0.4, 0.5) is 5.69 Å². The molecule has 1 N–H and O–H groups in total. The van der Waals surface area contributed by atoms with Crippen molar-refractivity contribution < 1.29 is 4.79 Å². The zero-order chi connectivity index (χ0) is 21.8. The van der Waals surface area contributed by atoms with Crippen LogP contribution in [0.1, 0.15) is 11.1 Å². The average molecular weight is 452 g/mol. The predicted octanol–water partition coefficient (Wildman–Crippen LogP) is 3.93. The van der Waals surface area contributed by atoms with E-state index in [4.69, 9.17) is 11.6 Å². The number of fused-ring (bicyclic) bond motifs is 1. The van der Waals surface area contributed by atoms with Gasteiger partial charge in [0.25, 0.3) is 5.56 Å². The lowest BCUT2D eigenvalue weighted by Gasteiger charge is -2.13. The first kappa shape index (κ1) is 21.0. The van der Waals surface area contributed by atoms with E-state index in [2.05, 4.69) is 20.3 Å². The number of rotatable bonds is 6. The van der Waals surface area contributed by atoms with E-state index in [1.54, 1.807) is 6.07 Å². The first-order valence-electron chi connectivity index (χ1n) is 9.46. The number of carbonyl (C=O) groups is 1. The molecule has 0 aliphatic rings. The molecule has 4 aromatic rings. The molecule has 0 radical (unpaired) electrons. The van der Waals surface area contributed by atoms with E-state index < -0.39 is 0 Å². The van der Waals surface area contributed by atoms with Crippen molar-refractivity contribution in [2.24, 2.45) is 0 Å². The molecule has 2 aromatic heterocycles. The highest BCUT2D eigenvalue weighted by atomic mass is 35.5. The number of anilines is 1. The van der Waals surface area contributed by atoms with E-state index in [1.165, 1.54) is 17.0 Å². The van der Waals surface area contributed by atoms with Gasteiger partial charge < -0.3 is 5.32 Å². The summed E-state index contributed by atoms with van der Waals surface area (Å²) in [6.45, 7) is 2.13. The molecule has 0 spiro atoms. The van der Waals surface area contributed by atoms with Crippen LogP contribution in [-0.4, -0.2) is 31.2 Å². The number of halogens is 1. The van der Waals surface area contributed by atoms with Gasteiger partial charge in [-0.2, -0.15) is 0 Å². The topological polar surface area (TPSA) is 89.8 Å². The summed E-state index contributed by atoms with van der Waals surface area (Å²) < 4.78 is 1.48. The van der Waals surface area contributed by atoms with Gasteiger partial charge in [-0.3, -0.25) is 14.2 Å². The van der Waals surface area contributed by atoms with Crippen LogP contribution >= 0.6 is 23.4 Å². The number of hydrogen-bond donors (Lipinski definition) is 1. The van der Waals surface area contributed by atoms with E-state index in [0.717, 1.165) is 28.6 Å². The third kappa shape index (κ3) is 4.76. The summed E-state index contributed by atoms with van der Waals surface area (Å²) in [5.41, 5.74) is 2.56. The van der Waals surface area contributed by atoms with Crippen molar-refractivity contribution in [2.45, 2.75) is 18.6 Å². The highest BCUT2D eigenvalue weighted by molar-refractivity contribution is 7.99. The molecule has 9 heteroatoms. The van der Waals surface area contributed by atoms with E-state index in [0.29, 0.717) is 10.2 Å². The summed E-state index contributed by atoms with van der Waals surface area (Å²) in [6.07, 6.45) is 2.93. The Morgan fingerprint density at radius 2 is 1.84 bits per heavy atom. The van der Waals surface area contributed by atoms with Crippen molar-refractivity contribution in [3.63, 3.8) is 0 Å². The lowest BCUT2D eigenvalue weighted by atomic mass is 10.2. The van der Waals surface area contributed by atoms with Crippen LogP contribution in [-0.2, 0) is 11.3 Å². The number of nitrogens with zero attached hydrogens (tertiary/aromatic N) is 4. The molecule has 156 valence electrons. The highest BCUT2D eigenvalue weighted by Crippen LogP contribution is 2.21. The van der Waals surface area contributed by atoms with E-state index >= 15 is 0 Å². The molecule has 1 amide bonds. The summed E-state index contributed by atoms with van der Waals surface area (Å²) in [4.78, 5) is 38.4. The fraction of sp³-hybridized carbons (Fsp3) is 0.136. The van der Waals surface area contributed by atoms with Crippen molar-refractivity contribution in [3.05, 3.63) is 87.4 Å². The molecule has 0 unspecified atom stereocenters. The predicted molar refractivity (Wildman–Crippen MR) is 123 cm³/mol. The van der Waals surface area contributed by atoms with Crippen molar-refractivity contribution in [3.8, 4) is 0 Å². The van der Waals surface area contributed by atoms with Gasteiger partial charge in [0.2, 0.25) is 5.91 Å². The zero-order valence-corrected chi connectivity index (χ0v) is 18.2. The van der Waals surface area contributed by atoms with Gasteiger partial charge in [0.15, 0.2) is 16.3 Å². The monoisotopic (exact) mass is 451 g/mol. The largest absolute Gasteiger partial charge is 0.325 e. The molecule has 0 aliphatic carbocycles. The Morgan fingerprint density at radius 1 is 1.10 bits per heavy atom. The molecule has 0 aliphatic heterocycles. The Morgan fingerprint density at radius 3 is 2.65 bits per heavy atom. The smallest absolute Gasteiger partial charge is 0.282 e. The second-order valence-electron chi connectivity index (χ2n) is 6.76. The van der Waals surface area contributed by atoms with Gasteiger partial charge in [-0.05, 0) is 30.2 Å². The Balaban J connectivity index is 1.64. The number of nitrogens with one attached hydrogen (secondary N) is 1. The first-order valence-corrected chi connectivity index (χ1v) is 10.8. The van der Waals surface area contributed by atoms with Gasteiger partial charge in [-0.25, -0.2) is 15.0 Å². The van der Waals surface area contributed by atoms with Crippen molar-refractivity contribution in [1.82, 2.24) is 19.5 Å². The third-order valence-electron chi connectivity index (χ3n) is 4.60. The molecule has 2 aromatic carbocycles. The van der Waals surface area contributed by atoms with Crippen LogP contribution in [0.15, 0.2) is 70.9 Å². The van der Waals surface area contributed by atoms with Gasteiger partial charge >= 0.3 is 0 Å². The van der Waals surface area contributed by atoms with Crippen LogP contribution < -0.4 is 10.9 Å². The molecule has 2 heterocycles. The van der Waals surface area contributed by atoms with Crippen LogP contribution in [0.5, 0.6) is 0 Å². The minimum absolute atomic E-state index is 0.0784. The summed E-state index contributed by atoms with van der Waals surface area (Å²) >= 11 is 7.46. The molecule has 7 nitrogen and oxygen atoms in total. The van der Waals surface area contributed by atoms with Gasteiger partial charge in [0.05, 0.1) is 12.3 Å². The summed E-state index contributed by atoms with van der Waals surface area (Å²) in [5.74, 6) is -0.119. The minimum Gasteiger partial charge on any atom is -0.325 e. The standard InChI is InChI=1S/C22H18ClN5O2S/c1-14-6-2-5-9-17(14)26-18(29)13-31-22-27-20-19(24-10-11-25-20)21(30)28(22)12-15-7-3-4-8-16(15)23/h2-11H,12-13H2,1H3,(H,26,29). The number of benzene rings is 2. The van der Waals surface area contributed by atoms with Gasteiger partial charge in [0, 0.05) is 23.1 Å². The highest BCUT2D eigenvalue weighted by Gasteiger charge is 2.16. The van der Waals surface area contributed by atoms with Gasteiger partial charge in [-0.1, -0.05) is 59.8 Å². The van der Waals surface area contributed by atoms with Crippen molar-refractivity contribution >= 4 is 46.1 Å². The Bertz CT molecular complexity index is 1320. The number of aromatic nitrogens is 4. The summed E-state index contributed by atoms with van der Waals surface area (Å²) in [7, 11) is 0. The number of hydrogen-bond acceptors (Lipinski definition) is 6. The second kappa shape index (κ2) is 9.28. The maximum absolute atomic E-state index is 13.1. The van der Waals surface area contributed by atoms with E-state index in [1.807, 2.05) is 49.4 Å². The fourth-order valence-corrected chi connectivity index (χ4v) is 3.99. The maximum atomic E-state index is 13.1. The summed E-state index contributed by atoms with van der Waals surface area (Å²) in [6, 6.07) is 14.8. The molecule has 31 heavy (non-hydrogen) atoms. The number of amides is 1. The number of carbonyl (C=O) groups excluding carboxylic acids is 1. The first-order chi connectivity index (χ1) is 15.0. The average Bonchev–Trinajstić information content (AvgIpc) is 2.77. The quantitative estimate of drug-likeness (QED) is 0.353. The molecule has 0 saturated heterocycles. The Kier molecular flexibility index (Phi) is 6.29. The number of aryl methyl sites for hydroxylation is 1. The molecular weight excluding hydrogens is 434 g/mol. The van der Waals surface area contributed by atoms with Gasteiger partial charge in [-0.15, -0.1) is 0 Å². The summed E-state index contributed by atoms with van der Waals surface area (Å²) in [5, 5.41) is 3.80. The molecule has 0 atom stereocenters.